The summed E-state index contributed by atoms with van der Waals surface area (Å²) in [6.07, 6.45) is -0.735. The predicted molar refractivity (Wildman–Crippen MR) is 74.3 cm³/mol. The first-order chi connectivity index (χ1) is 10.2. The second-order valence-corrected chi connectivity index (χ2v) is 4.74. The van der Waals surface area contributed by atoms with Crippen molar-refractivity contribution in [1.82, 2.24) is 10.6 Å². The fourth-order valence-electron chi connectivity index (χ4n) is 2.54. The second-order valence-electron chi connectivity index (χ2n) is 4.74. The molecule has 0 aromatic heterocycles. The molecule has 2 aliphatic rings. The van der Waals surface area contributed by atoms with Gasteiger partial charge in [-0.2, -0.15) is 0 Å². The van der Waals surface area contributed by atoms with Crippen LogP contribution in [0, 0.1) is 0 Å². The number of ether oxygens (including phenoxy) is 2. The number of hydrogen-bond donors (Lipinski definition) is 2. The third kappa shape index (κ3) is 2.33. The highest BCUT2D eigenvalue weighted by molar-refractivity contribution is 5.98. The third-order valence-corrected chi connectivity index (χ3v) is 3.44. The minimum absolute atomic E-state index is 0.262. The molecule has 6 nitrogen and oxygen atoms in total. The van der Waals surface area contributed by atoms with Gasteiger partial charge < -0.3 is 20.1 Å². The summed E-state index contributed by atoms with van der Waals surface area (Å²) >= 11 is 0. The van der Waals surface area contributed by atoms with E-state index in [1.54, 1.807) is 25.1 Å². The first-order valence-electron chi connectivity index (χ1n) is 6.91. The summed E-state index contributed by atoms with van der Waals surface area (Å²) in [5, 5.41) is 6.19. The summed E-state index contributed by atoms with van der Waals surface area (Å²) in [5.74, 6) is -0.331. The van der Waals surface area contributed by atoms with Crippen LogP contribution in [-0.4, -0.2) is 31.6 Å². The van der Waals surface area contributed by atoms with Crippen LogP contribution in [0.5, 0.6) is 0 Å². The van der Waals surface area contributed by atoms with Crippen molar-refractivity contribution in [2.75, 3.05) is 19.7 Å². The molecule has 1 fully saturated rings. The maximum absolute atomic E-state index is 12.3. The van der Waals surface area contributed by atoms with Crippen molar-refractivity contribution in [1.29, 1.82) is 0 Å². The number of carbonyl (C=O) groups is 2. The molecule has 6 heteroatoms. The Balaban J connectivity index is 2.04. The summed E-state index contributed by atoms with van der Waals surface area (Å²) in [6, 6.07) is 7.07. The lowest BCUT2D eigenvalue weighted by Gasteiger charge is -2.17. The highest BCUT2D eigenvalue weighted by Crippen LogP contribution is 2.37. The monoisotopic (exact) mass is 288 g/mol. The van der Waals surface area contributed by atoms with Gasteiger partial charge in [0.05, 0.1) is 12.2 Å². The number of esters is 2. The van der Waals surface area contributed by atoms with E-state index < -0.39 is 18.0 Å². The number of fused-ring (bicyclic) bond motifs is 1. The Morgan fingerprint density at radius 3 is 2.76 bits per heavy atom. The summed E-state index contributed by atoms with van der Waals surface area (Å²) in [6.45, 7) is 3.42. The molecule has 1 aromatic carbocycles. The largest absolute Gasteiger partial charge is 0.462 e. The molecule has 1 aromatic rings. The van der Waals surface area contributed by atoms with Crippen LogP contribution in [0.1, 0.15) is 28.9 Å². The van der Waals surface area contributed by atoms with Gasteiger partial charge in [0.2, 0.25) is 0 Å². The highest BCUT2D eigenvalue weighted by atomic mass is 16.6. The van der Waals surface area contributed by atoms with E-state index in [-0.39, 0.29) is 6.61 Å². The molecule has 1 saturated heterocycles. The summed E-state index contributed by atoms with van der Waals surface area (Å²) in [4.78, 5) is 24.2. The quantitative estimate of drug-likeness (QED) is 0.635. The molecular weight excluding hydrogens is 272 g/mol. The van der Waals surface area contributed by atoms with E-state index in [0.29, 0.717) is 35.6 Å². The number of rotatable bonds is 3. The lowest BCUT2D eigenvalue weighted by atomic mass is 9.99. The highest BCUT2D eigenvalue weighted by Gasteiger charge is 2.39. The van der Waals surface area contributed by atoms with E-state index >= 15 is 0 Å². The number of carbonyl (C=O) groups excluding carboxylic acids is 2. The number of hydrogen-bond acceptors (Lipinski definition) is 6. The Labute approximate surface area is 122 Å². The molecule has 0 aliphatic carbocycles. The van der Waals surface area contributed by atoms with Gasteiger partial charge in [-0.3, -0.25) is 0 Å². The van der Waals surface area contributed by atoms with Crippen LogP contribution in [0.15, 0.2) is 35.7 Å². The smallest absolute Gasteiger partial charge is 0.341 e. The number of benzene rings is 1. The van der Waals surface area contributed by atoms with E-state index in [4.69, 9.17) is 9.47 Å². The van der Waals surface area contributed by atoms with Gasteiger partial charge >= 0.3 is 11.9 Å². The lowest BCUT2D eigenvalue weighted by molar-refractivity contribution is -0.139. The molecule has 0 unspecified atom stereocenters. The zero-order valence-corrected chi connectivity index (χ0v) is 11.6. The molecule has 0 radical (unpaired) electrons. The number of cyclic esters (lactones) is 1. The molecular formula is C15H16N2O4. The van der Waals surface area contributed by atoms with Crippen LogP contribution in [-0.2, 0) is 14.3 Å². The molecule has 2 N–H and O–H groups in total. The van der Waals surface area contributed by atoms with Crippen LogP contribution in [0.25, 0.3) is 0 Å². The van der Waals surface area contributed by atoms with Gasteiger partial charge in [-0.1, -0.05) is 18.2 Å². The van der Waals surface area contributed by atoms with Crippen molar-refractivity contribution < 1.29 is 19.1 Å². The Bertz CT molecular complexity index is 616. The van der Waals surface area contributed by atoms with Crippen molar-refractivity contribution in [3.05, 3.63) is 46.8 Å². The Kier molecular flexibility index (Phi) is 3.51. The first kappa shape index (κ1) is 13.5. The normalized spacial score (nSPS) is 19.4. The van der Waals surface area contributed by atoms with Crippen LogP contribution >= 0.6 is 0 Å². The van der Waals surface area contributed by atoms with Crippen LogP contribution < -0.4 is 10.6 Å². The van der Waals surface area contributed by atoms with Crippen LogP contribution in [0.2, 0.25) is 0 Å². The predicted octanol–water partition coefficient (Wildman–Crippen LogP) is 0.866. The maximum Gasteiger partial charge on any atom is 0.341 e. The number of nitrogens with one attached hydrogen (secondary N) is 2. The van der Waals surface area contributed by atoms with Crippen LogP contribution in [0.3, 0.4) is 0 Å². The minimum atomic E-state index is -0.735. The van der Waals surface area contributed by atoms with E-state index in [0.717, 1.165) is 0 Å². The third-order valence-electron chi connectivity index (χ3n) is 3.44. The summed E-state index contributed by atoms with van der Waals surface area (Å²) < 4.78 is 10.5. The van der Waals surface area contributed by atoms with Gasteiger partial charge in [0.15, 0.2) is 6.10 Å². The second kappa shape index (κ2) is 5.47. The molecule has 21 heavy (non-hydrogen) atoms. The van der Waals surface area contributed by atoms with Crippen LogP contribution in [0.4, 0.5) is 0 Å². The zero-order chi connectivity index (χ0) is 14.8. The first-order valence-corrected chi connectivity index (χ1v) is 6.91. The Morgan fingerprint density at radius 2 is 2.05 bits per heavy atom. The molecule has 3 rings (SSSR count). The van der Waals surface area contributed by atoms with E-state index in [9.17, 15) is 9.59 Å². The standard InChI is InChI=1S/C15H16N2O4/c1-2-20-15(19)11(13-16-7-8-17-13)12-9-5-3-4-6-10(9)14(18)21-12/h3-6,12,16-17H,2,7-8H2,1H3/t12-/m1/s1. The topological polar surface area (TPSA) is 76.7 Å². The molecule has 2 aliphatic heterocycles. The molecule has 0 spiro atoms. The average molecular weight is 288 g/mol. The fraction of sp³-hybridized carbons (Fsp3) is 0.333. The molecule has 2 heterocycles. The van der Waals surface area contributed by atoms with Gasteiger partial charge in [-0.25, -0.2) is 9.59 Å². The molecule has 1 atom stereocenters. The fourth-order valence-corrected chi connectivity index (χ4v) is 2.54. The Morgan fingerprint density at radius 1 is 1.33 bits per heavy atom. The zero-order valence-electron chi connectivity index (χ0n) is 11.6. The van der Waals surface area contributed by atoms with Crippen molar-refractivity contribution in [2.45, 2.75) is 13.0 Å². The lowest BCUT2D eigenvalue weighted by Crippen LogP contribution is -2.24. The van der Waals surface area contributed by atoms with Gasteiger partial charge in [-0.15, -0.1) is 0 Å². The molecule has 110 valence electrons. The van der Waals surface area contributed by atoms with Gasteiger partial charge in [0.25, 0.3) is 0 Å². The SMILES string of the molecule is CCOC(=O)C(=C1NCCN1)[C@@H]1OC(=O)c2ccccc21. The summed E-state index contributed by atoms with van der Waals surface area (Å²) in [7, 11) is 0. The van der Waals surface area contributed by atoms with E-state index in [1.807, 2.05) is 6.07 Å². The van der Waals surface area contributed by atoms with Crippen molar-refractivity contribution in [2.24, 2.45) is 0 Å². The van der Waals surface area contributed by atoms with Gasteiger partial charge in [-0.05, 0) is 13.0 Å². The molecule has 0 amide bonds. The Hall–Kier alpha value is -2.50. The van der Waals surface area contributed by atoms with E-state index in [2.05, 4.69) is 10.6 Å². The van der Waals surface area contributed by atoms with Crippen molar-refractivity contribution in [3.8, 4) is 0 Å². The minimum Gasteiger partial charge on any atom is -0.462 e. The maximum atomic E-state index is 12.3. The van der Waals surface area contributed by atoms with Crippen molar-refractivity contribution >= 4 is 11.9 Å². The summed E-state index contributed by atoms with van der Waals surface area (Å²) in [5.41, 5.74) is 1.49. The van der Waals surface area contributed by atoms with Crippen molar-refractivity contribution in [3.63, 3.8) is 0 Å². The van der Waals surface area contributed by atoms with Gasteiger partial charge in [0, 0.05) is 18.7 Å². The van der Waals surface area contributed by atoms with Gasteiger partial charge in [0.1, 0.15) is 11.4 Å². The average Bonchev–Trinajstić information content (AvgIpc) is 3.10. The molecule has 0 bridgehead atoms. The van der Waals surface area contributed by atoms with E-state index in [1.165, 1.54) is 0 Å². The molecule has 0 saturated carbocycles.